The Morgan fingerprint density at radius 3 is 2.26 bits per heavy atom. The third kappa shape index (κ3) is 6.19. The number of anilines is 2. The van der Waals surface area contributed by atoms with Crippen LogP contribution in [0.15, 0.2) is 54.7 Å². The fourth-order valence-electron chi connectivity index (χ4n) is 4.62. The lowest BCUT2D eigenvalue weighted by molar-refractivity contribution is -0.124. The summed E-state index contributed by atoms with van der Waals surface area (Å²) in [5, 5.41) is 16.6. The molecule has 0 spiro atoms. The molecule has 200 valence electrons. The molecule has 2 N–H and O–H groups in total. The van der Waals surface area contributed by atoms with Gasteiger partial charge in [-0.3, -0.25) is 14.5 Å². The van der Waals surface area contributed by atoms with Crippen molar-refractivity contribution >= 4 is 29.5 Å². The number of rotatable bonds is 7. The minimum Gasteiger partial charge on any atom is -0.449 e. The molecule has 1 heterocycles. The lowest BCUT2D eigenvalue weighted by atomic mass is 9.82. The molecule has 1 fully saturated rings. The number of nitrogens with zero attached hydrogens (tertiary/aromatic N) is 3. The van der Waals surface area contributed by atoms with Gasteiger partial charge in [0.1, 0.15) is 5.82 Å². The highest BCUT2D eigenvalue weighted by atomic mass is 19.1. The summed E-state index contributed by atoms with van der Waals surface area (Å²) in [5.74, 6) is -0.384. The predicted molar refractivity (Wildman–Crippen MR) is 140 cm³/mol. The molecule has 9 nitrogen and oxygen atoms in total. The number of carbonyl (C=O) groups is 3. The number of halogens is 1. The lowest BCUT2D eigenvalue weighted by Gasteiger charge is -2.32. The van der Waals surface area contributed by atoms with Crippen molar-refractivity contribution in [1.29, 1.82) is 0 Å². The molecular formula is C28H31FN4O5. The molecule has 3 aromatic rings. The van der Waals surface area contributed by atoms with Crippen LogP contribution in [0.5, 0.6) is 5.75 Å². The van der Waals surface area contributed by atoms with E-state index in [0.717, 1.165) is 25.7 Å². The molecule has 4 rings (SSSR count). The number of aromatic nitrogens is 2. The van der Waals surface area contributed by atoms with Gasteiger partial charge in [0.25, 0.3) is 5.91 Å². The van der Waals surface area contributed by atoms with Crippen LogP contribution in [0.25, 0.3) is 5.69 Å². The Labute approximate surface area is 220 Å². The first-order valence-electron chi connectivity index (χ1n) is 12.6. The van der Waals surface area contributed by atoms with E-state index in [1.807, 2.05) is 13.8 Å². The highest BCUT2D eigenvalue weighted by Crippen LogP contribution is 2.35. The van der Waals surface area contributed by atoms with E-state index >= 15 is 0 Å². The summed E-state index contributed by atoms with van der Waals surface area (Å²) in [5.41, 5.74) is 1.38. The molecule has 1 aliphatic carbocycles. The van der Waals surface area contributed by atoms with Crippen LogP contribution in [0.2, 0.25) is 0 Å². The van der Waals surface area contributed by atoms with Crippen molar-refractivity contribution in [3.05, 3.63) is 66.1 Å². The van der Waals surface area contributed by atoms with E-state index in [1.165, 1.54) is 40.0 Å². The lowest BCUT2D eigenvalue weighted by Crippen LogP contribution is -2.42. The van der Waals surface area contributed by atoms with Gasteiger partial charge in [-0.25, -0.2) is 13.9 Å². The molecule has 1 saturated carbocycles. The molecule has 10 heteroatoms. The topological polar surface area (TPSA) is 114 Å². The number of carboxylic acid groups (broad SMARTS) is 1. The average molecular weight is 523 g/mol. The predicted octanol–water partition coefficient (Wildman–Crippen LogP) is 5.89. The molecule has 2 aromatic carbocycles. The Morgan fingerprint density at radius 1 is 1.05 bits per heavy atom. The fourth-order valence-corrected chi connectivity index (χ4v) is 4.62. The second-order valence-electron chi connectivity index (χ2n) is 9.90. The number of amides is 2. The smallest absolute Gasteiger partial charge is 0.449 e. The summed E-state index contributed by atoms with van der Waals surface area (Å²) in [6, 6.07) is 11.6. The Kier molecular flexibility index (Phi) is 8.09. The van der Waals surface area contributed by atoms with Crippen LogP contribution in [-0.4, -0.2) is 38.9 Å². The third-order valence-corrected chi connectivity index (χ3v) is 6.70. The third-order valence-electron chi connectivity index (χ3n) is 6.70. The van der Waals surface area contributed by atoms with Gasteiger partial charge in [-0.15, -0.1) is 5.10 Å². The van der Waals surface area contributed by atoms with E-state index in [2.05, 4.69) is 17.3 Å². The Morgan fingerprint density at radius 2 is 1.68 bits per heavy atom. The van der Waals surface area contributed by atoms with Gasteiger partial charge in [0.15, 0.2) is 5.75 Å². The quantitative estimate of drug-likeness (QED) is 0.374. The van der Waals surface area contributed by atoms with E-state index in [4.69, 9.17) is 4.74 Å². The molecule has 2 amide bonds. The first-order chi connectivity index (χ1) is 18.1. The van der Waals surface area contributed by atoms with Gasteiger partial charge in [-0.1, -0.05) is 6.92 Å². The van der Waals surface area contributed by atoms with Crippen LogP contribution in [0.4, 0.5) is 20.7 Å². The molecule has 0 radical (unpaired) electrons. The number of benzene rings is 2. The standard InChI is InChI=1S/C28H31FN4O5/c1-17(2)33(27(35)20-6-4-18(3)5-7-20)25-24(38-28(36)37)16-32(31-25)23-14-12-22(13-15-23)30-26(34)19-8-10-21(29)11-9-19/h8-18,20H,4-7H2,1-3H3,(H,30,34)(H,36,37)/t18-,20-. The van der Waals surface area contributed by atoms with Gasteiger partial charge < -0.3 is 15.2 Å². The van der Waals surface area contributed by atoms with Crippen LogP contribution in [0.1, 0.15) is 56.8 Å². The molecule has 0 saturated heterocycles. The van der Waals surface area contributed by atoms with Crippen molar-refractivity contribution in [3.8, 4) is 11.4 Å². The second kappa shape index (κ2) is 11.5. The zero-order chi connectivity index (χ0) is 27.4. The van der Waals surface area contributed by atoms with E-state index in [-0.39, 0.29) is 35.3 Å². The highest BCUT2D eigenvalue weighted by Gasteiger charge is 2.34. The van der Waals surface area contributed by atoms with E-state index < -0.39 is 12.0 Å². The average Bonchev–Trinajstić information content (AvgIpc) is 3.27. The number of hydrogen-bond acceptors (Lipinski definition) is 5. The maximum atomic E-state index is 13.5. The molecule has 1 aliphatic rings. The maximum Gasteiger partial charge on any atom is 0.511 e. The normalized spacial score (nSPS) is 17.2. The van der Waals surface area contributed by atoms with Crippen molar-refractivity contribution in [3.63, 3.8) is 0 Å². The first-order valence-corrected chi connectivity index (χ1v) is 12.6. The Bertz CT molecular complexity index is 1300. The molecule has 0 atom stereocenters. The van der Waals surface area contributed by atoms with E-state index in [9.17, 15) is 23.9 Å². The van der Waals surface area contributed by atoms with E-state index in [0.29, 0.717) is 22.9 Å². The molecule has 38 heavy (non-hydrogen) atoms. The van der Waals surface area contributed by atoms with Gasteiger partial charge >= 0.3 is 6.16 Å². The summed E-state index contributed by atoms with van der Waals surface area (Å²) < 4.78 is 19.6. The molecule has 0 aliphatic heterocycles. The van der Waals surface area contributed by atoms with Gasteiger partial charge in [-0.05, 0) is 94.0 Å². The van der Waals surface area contributed by atoms with Crippen molar-refractivity contribution in [2.75, 3.05) is 10.2 Å². The number of ether oxygens (including phenoxy) is 1. The molecular weight excluding hydrogens is 491 g/mol. The summed E-state index contributed by atoms with van der Waals surface area (Å²) in [6.45, 7) is 5.89. The first kappa shape index (κ1) is 26.8. The van der Waals surface area contributed by atoms with Crippen LogP contribution in [-0.2, 0) is 4.79 Å². The van der Waals surface area contributed by atoms with Gasteiger partial charge in [0, 0.05) is 23.2 Å². The Balaban J connectivity index is 1.58. The van der Waals surface area contributed by atoms with Crippen LogP contribution >= 0.6 is 0 Å². The van der Waals surface area contributed by atoms with Gasteiger partial charge in [0.05, 0.1) is 11.9 Å². The maximum absolute atomic E-state index is 13.5. The summed E-state index contributed by atoms with van der Waals surface area (Å²) >= 11 is 0. The summed E-state index contributed by atoms with van der Waals surface area (Å²) in [6.07, 6.45) is 3.42. The van der Waals surface area contributed by atoms with E-state index in [1.54, 1.807) is 24.3 Å². The van der Waals surface area contributed by atoms with Gasteiger partial charge in [0.2, 0.25) is 11.7 Å². The second-order valence-corrected chi connectivity index (χ2v) is 9.90. The number of carbonyl (C=O) groups excluding carboxylic acids is 2. The molecule has 0 unspecified atom stereocenters. The van der Waals surface area contributed by atoms with Crippen molar-refractivity contribution in [1.82, 2.24) is 9.78 Å². The van der Waals surface area contributed by atoms with Crippen LogP contribution < -0.4 is 15.0 Å². The zero-order valence-electron chi connectivity index (χ0n) is 21.6. The minimum atomic E-state index is -1.51. The Hall–Kier alpha value is -4.21. The zero-order valence-corrected chi connectivity index (χ0v) is 21.6. The number of hydrogen-bond donors (Lipinski definition) is 2. The fraction of sp³-hybridized carbons (Fsp3) is 0.357. The largest absolute Gasteiger partial charge is 0.511 e. The van der Waals surface area contributed by atoms with Crippen molar-refractivity contribution in [2.45, 2.75) is 52.5 Å². The number of nitrogens with one attached hydrogen (secondary N) is 1. The minimum absolute atomic E-state index is 0.0441. The SMILES string of the molecule is CC(C)N(c1nn(-c2ccc(NC(=O)c3ccc(F)cc3)cc2)cc1OC(=O)O)C(=O)[C@H]1CC[C@H](C)CC1. The summed E-state index contributed by atoms with van der Waals surface area (Å²) in [7, 11) is 0. The van der Waals surface area contributed by atoms with Crippen LogP contribution in [0, 0.1) is 17.7 Å². The van der Waals surface area contributed by atoms with Crippen LogP contribution in [0.3, 0.4) is 0 Å². The highest BCUT2D eigenvalue weighted by molar-refractivity contribution is 6.04. The molecule has 1 aromatic heterocycles. The van der Waals surface area contributed by atoms with Crippen molar-refractivity contribution in [2.24, 2.45) is 11.8 Å². The van der Waals surface area contributed by atoms with Gasteiger partial charge in [-0.2, -0.15) is 0 Å². The summed E-state index contributed by atoms with van der Waals surface area (Å²) in [4.78, 5) is 38.9. The monoisotopic (exact) mass is 522 g/mol. The van der Waals surface area contributed by atoms with Crippen molar-refractivity contribution < 1.29 is 28.6 Å². The molecule has 0 bridgehead atoms.